The summed E-state index contributed by atoms with van der Waals surface area (Å²) in [4.78, 5) is 4.87. The van der Waals surface area contributed by atoms with Gasteiger partial charge in [-0.25, -0.2) is 0 Å². The molecule has 0 radical (unpaired) electrons. The first-order valence-corrected chi connectivity index (χ1v) is 7.03. The average molecular weight is 241 g/mol. The van der Waals surface area contributed by atoms with Crippen LogP contribution in [0.5, 0.6) is 0 Å². The smallest absolute Gasteiger partial charge is 0.0253 e. The van der Waals surface area contributed by atoms with Crippen molar-refractivity contribution >= 4 is 0 Å². The van der Waals surface area contributed by atoms with Crippen molar-refractivity contribution in [2.24, 2.45) is 11.1 Å². The van der Waals surface area contributed by atoms with Gasteiger partial charge in [-0.05, 0) is 45.3 Å². The highest BCUT2D eigenvalue weighted by Gasteiger charge is 2.41. The Morgan fingerprint density at radius 1 is 1.18 bits per heavy atom. The van der Waals surface area contributed by atoms with E-state index in [-0.39, 0.29) is 0 Å². The van der Waals surface area contributed by atoms with E-state index in [1.807, 2.05) is 0 Å². The topological polar surface area (TPSA) is 32.5 Å². The van der Waals surface area contributed by atoms with Gasteiger partial charge in [-0.3, -0.25) is 4.90 Å². The lowest BCUT2D eigenvalue weighted by Gasteiger charge is -2.35. The van der Waals surface area contributed by atoms with Crippen LogP contribution in [0.2, 0.25) is 0 Å². The van der Waals surface area contributed by atoms with Gasteiger partial charge in [0.2, 0.25) is 0 Å². The third-order valence-electron chi connectivity index (χ3n) is 4.22. The Hall–Kier alpha value is -0.120. The second-order valence-electron chi connectivity index (χ2n) is 6.46. The highest BCUT2D eigenvalue weighted by Crippen LogP contribution is 2.38. The molecule has 17 heavy (non-hydrogen) atoms. The Morgan fingerprint density at radius 3 is 2.24 bits per heavy atom. The Morgan fingerprint density at radius 2 is 1.82 bits per heavy atom. The van der Waals surface area contributed by atoms with Crippen LogP contribution in [-0.4, -0.2) is 55.6 Å². The van der Waals surface area contributed by atoms with Crippen molar-refractivity contribution in [2.75, 3.05) is 33.7 Å². The van der Waals surface area contributed by atoms with Crippen LogP contribution in [-0.2, 0) is 0 Å². The third-order valence-corrected chi connectivity index (χ3v) is 4.22. The molecule has 2 N–H and O–H groups in total. The van der Waals surface area contributed by atoms with Gasteiger partial charge in [-0.15, -0.1) is 0 Å². The van der Waals surface area contributed by atoms with E-state index in [1.165, 1.54) is 25.8 Å². The van der Waals surface area contributed by atoms with Crippen molar-refractivity contribution in [3.63, 3.8) is 0 Å². The summed E-state index contributed by atoms with van der Waals surface area (Å²) >= 11 is 0. The molecule has 1 aliphatic carbocycles. The number of nitrogens with two attached hydrogens (primary N) is 1. The minimum Gasteiger partial charge on any atom is -0.326 e. The highest BCUT2D eigenvalue weighted by atomic mass is 15.2. The van der Waals surface area contributed by atoms with Gasteiger partial charge in [0.25, 0.3) is 0 Å². The normalized spacial score (nSPS) is 28.2. The number of nitrogens with zero attached hydrogens (tertiary/aromatic N) is 2. The van der Waals surface area contributed by atoms with E-state index < -0.39 is 0 Å². The van der Waals surface area contributed by atoms with Crippen LogP contribution in [0.25, 0.3) is 0 Å². The molecule has 0 bridgehead atoms. The van der Waals surface area contributed by atoms with Gasteiger partial charge in [0.15, 0.2) is 0 Å². The van der Waals surface area contributed by atoms with E-state index >= 15 is 0 Å². The van der Waals surface area contributed by atoms with E-state index in [0.29, 0.717) is 17.5 Å². The SMILES string of the molecule is CCCN(CCN(C)C)C1CCC(C)(C)C1N. The molecule has 0 aromatic rings. The quantitative estimate of drug-likeness (QED) is 0.769. The second kappa shape index (κ2) is 6.17. The molecule has 0 aliphatic heterocycles. The van der Waals surface area contributed by atoms with Gasteiger partial charge in [-0.2, -0.15) is 0 Å². The van der Waals surface area contributed by atoms with Crippen LogP contribution < -0.4 is 5.73 Å². The fraction of sp³-hybridized carbons (Fsp3) is 1.00. The predicted octanol–water partition coefficient (Wildman–Crippen LogP) is 1.78. The highest BCUT2D eigenvalue weighted by molar-refractivity contribution is 4.99. The van der Waals surface area contributed by atoms with Crippen molar-refractivity contribution in [1.82, 2.24) is 9.80 Å². The fourth-order valence-electron chi connectivity index (χ4n) is 2.86. The maximum absolute atomic E-state index is 6.44. The summed E-state index contributed by atoms with van der Waals surface area (Å²) in [6, 6.07) is 0.918. The summed E-state index contributed by atoms with van der Waals surface area (Å²) < 4.78 is 0. The summed E-state index contributed by atoms with van der Waals surface area (Å²) in [5.74, 6) is 0. The summed E-state index contributed by atoms with van der Waals surface area (Å²) in [6.07, 6.45) is 3.75. The zero-order valence-electron chi connectivity index (χ0n) is 12.4. The molecule has 0 amide bonds. The minimum absolute atomic E-state index is 0.314. The molecule has 1 saturated carbocycles. The molecule has 1 aliphatic rings. The van der Waals surface area contributed by atoms with Crippen molar-refractivity contribution in [1.29, 1.82) is 0 Å². The van der Waals surface area contributed by atoms with Crippen LogP contribution in [0.4, 0.5) is 0 Å². The van der Waals surface area contributed by atoms with Crippen LogP contribution in [0.3, 0.4) is 0 Å². The van der Waals surface area contributed by atoms with Gasteiger partial charge in [0, 0.05) is 25.2 Å². The molecule has 1 fully saturated rings. The standard InChI is InChI=1S/C14H31N3/c1-6-9-17(11-10-16(4)5)12-7-8-14(2,3)13(12)15/h12-13H,6-11,15H2,1-5H3. The molecular weight excluding hydrogens is 210 g/mol. The monoisotopic (exact) mass is 241 g/mol. The number of hydrogen-bond donors (Lipinski definition) is 1. The molecule has 102 valence electrons. The van der Waals surface area contributed by atoms with E-state index in [9.17, 15) is 0 Å². The first-order valence-electron chi connectivity index (χ1n) is 7.03. The summed E-state index contributed by atoms with van der Waals surface area (Å²) in [5.41, 5.74) is 6.75. The predicted molar refractivity (Wildman–Crippen MR) is 75.2 cm³/mol. The summed E-state index contributed by atoms with van der Waals surface area (Å²) in [7, 11) is 4.28. The van der Waals surface area contributed by atoms with Crippen LogP contribution in [0.1, 0.15) is 40.0 Å². The zero-order chi connectivity index (χ0) is 13.1. The molecule has 0 heterocycles. The molecule has 0 spiro atoms. The lowest BCUT2D eigenvalue weighted by molar-refractivity contribution is 0.152. The maximum Gasteiger partial charge on any atom is 0.0253 e. The van der Waals surface area contributed by atoms with Crippen LogP contribution >= 0.6 is 0 Å². The van der Waals surface area contributed by atoms with Gasteiger partial charge >= 0.3 is 0 Å². The molecule has 3 heteroatoms. The lowest BCUT2D eigenvalue weighted by atomic mass is 9.87. The Balaban J connectivity index is 2.58. The Kier molecular flexibility index (Phi) is 5.42. The first kappa shape index (κ1) is 14.9. The van der Waals surface area contributed by atoms with Gasteiger partial charge in [-0.1, -0.05) is 20.8 Å². The number of rotatable bonds is 6. The molecule has 3 nitrogen and oxygen atoms in total. The minimum atomic E-state index is 0.314. The maximum atomic E-state index is 6.44. The van der Waals surface area contributed by atoms with E-state index in [2.05, 4.69) is 44.7 Å². The first-order chi connectivity index (χ1) is 7.88. The average Bonchev–Trinajstić information content (AvgIpc) is 2.50. The van der Waals surface area contributed by atoms with Gasteiger partial charge < -0.3 is 10.6 Å². The number of likely N-dealkylation sites (N-methyl/N-ethyl adjacent to an activating group) is 1. The van der Waals surface area contributed by atoms with Gasteiger partial charge in [0.05, 0.1) is 0 Å². The third kappa shape index (κ3) is 3.94. The Bertz CT molecular complexity index is 226. The van der Waals surface area contributed by atoms with E-state index in [0.717, 1.165) is 13.1 Å². The molecule has 2 unspecified atom stereocenters. The summed E-state index contributed by atoms with van der Waals surface area (Å²) in [5, 5.41) is 0. The van der Waals surface area contributed by atoms with Gasteiger partial charge in [0.1, 0.15) is 0 Å². The van der Waals surface area contributed by atoms with Crippen molar-refractivity contribution in [3.8, 4) is 0 Å². The summed E-state index contributed by atoms with van der Waals surface area (Å²) in [6.45, 7) is 10.3. The van der Waals surface area contributed by atoms with E-state index in [1.54, 1.807) is 0 Å². The van der Waals surface area contributed by atoms with E-state index in [4.69, 9.17) is 5.73 Å². The zero-order valence-corrected chi connectivity index (χ0v) is 12.4. The second-order valence-corrected chi connectivity index (χ2v) is 6.46. The van der Waals surface area contributed by atoms with Crippen molar-refractivity contribution in [3.05, 3.63) is 0 Å². The van der Waals surface area contributed by atoms with Crippen LogP contribution in [0, 0.1) is 5.41 Å². The largest absolute Gasteiger partial charge is 0.326 e. The molecule has 0 saturated heterocycles. The molecule has 1 rings (SSSR count). The molecule has 2 atom stereocenters. The Labute approximate surface area is 107 Å². The van der Waals surface area contributed by atoms with Crippen molar-refractivity contribution < 1.29 is 0 Å². The van der Waals surface area contributed by atoms with Crippen molar-refractivity contribution in [2.45, 2.75) is 52.1 Å². The molecule has 0 aromatic heterocycles. The molecule has 0 aromatic carbocycles. The van der Waals surface area contributed by atoms with Crippen LogP contribution in [0.15, 0.2) is 0 Å². The lowest BCUT2D eigenvalue weighted by Crippen LogP contribution is -2.50. The molecular formula is C14H31N3. The number of hydrogen-bond acceptors (Lipinski definition) is 3. The fourth-order valence-corrected chi connectivity index (χ4v) is 2.86.